The van der Waals surface area contributed by atoms with Crippen LogP contribution in [0.15, 0.2) is 42.9 Å². The lowest BCUT2D eigenvalue weighted by atomic mass is 10.1. The second-order valence-corrected chi connectivity index (χ2v) is 5.87. The van der Waals surface area contributed by atoms with E-state index in [0.29, 0.717) is 16.3 Å². The molecule has 0 fully saturated rings. The zero-order valence-corrected chi connectivity index (χ0v) is 14.1. The first-order valence-electron chi connectivity index (χ1n) is 7.48. The van der Waals surface area contributed by atoms with Gasteiger partial charge in [-0.2, -0.15) is 19.7 Å². The van der Waals surface area contributed by atoms with Crippen LogP contribution in [0.25, 0.3) is 17.0 Å². The maximum absolute atomic E-state index is 13.2. The minimum absolute atomic E-state index is 0.188. The van der Waals surface area contributed by atoms with Crippen molar-refractivity contribution in [3.8, 4) is 11.3 Å². The Morgan fingerprint density at radius 1 is 1.27 bits per heavy atom. The van der Waals surface area contributed by atoms with Crippen LogP contribution in [0.4, 0.5) is 10.2 Å². The Balaban J connectivity index is 1.78. The molecule has 0 saturated heterocycles. The van der Waals surface area contributed by atoms with Crippen molar-refractivity contribution in [1.29, 1.82) is 0 Å². The van der Waals surface area contributed by atoms with Crippen molar-refractivity contribution in [3.63, 3.8) is 0 Å². The molecule has 0 radical (unpaired) electrons. The minimum atomic E-state index is -0.480. The second-order valence-electron chi connectivity index (χ2n) is 5.46. The molecular formula is C16H11ClFN7O. The molecule has 0 bridgehead atoms. The standard InChI is InChI=1S/C16H11ClFN7O/c1-24-7-11(17)14(23-24)22-15(26)13-6-12(9-2-4-10(18)5-3-9)21-16-19-8-20-25(13)16/h2-8H,1H3,(H,22,23,26). The van der Waals surface area contributed by atoms with Gasteiger partial charge in [0.1, 0.15) is 22.9 Å². The molecular weight excluding hydrogens is 361 g/mol. The van der Waals surface area contributed by atoms with E-state index in [2.05, 4.69) is 25.5 Å². The molecule has 1 N–H and O–H groups in total. The van der Waals surface area contributed by atoms with E-state index in [9.17, 15) is 9.18 Å². The van der Waals surface area contributed by atoms with Crippen molar-refractivity contribution in [1.82, 2.24) is 29.4 Å². The average Bonchev–Trinajstić information content (AvgIpc) is 3.20. The lowest BCUT2D eigenvalue weighted by Crippen LogP contribution is -2.18. The predicted molar refractivity (Wildman–Crippen MR) is 92.3 cm³/mol. The van der Waals surface area contributed by atoms with Crippen LogP contribution >= 0.6 is 11.6 Å². The summed E-state index contributed by atoms with van der Waals surface area (Å²) in [5.74, 6) is -0.372. The molecule has 0 atom stereocenters. The highest BCUT2D eigenvalue weighted by atomic mass is 35.5. The van der Waals surface area contributed by atoms with Crippen LogP contribution in [0.1, 0.15) is 10.5 Å². The monoisotopic (exact) mass is 371 g/mol. The fourth-order valence-corrected chi connectivity index (χ4v) is 2.68. The van der Waals surface area contributed by atoms with Gasteiger partial charge in [0.25, 0.3) is 11.7 Å². The Kier molecular flexibility index (Phi) is 3.85. The molecule has 8 nitrogen and oxygen atoms in total. The molecule has 0 spiro atoms. The highest BCUT2D eigenvalue weighted by molar-refractivity contribution is 6.33. The SMILES string of the molecule is Cn1cc(Cl)c(NC(=O)c2cc(-c3ccc(F)cc3)nc3ncnn23)n1. The van der Waals surface area contributed by atoms with Gasteiger partial charge in [-0.1, -0.05) is 11.6 Å². The highest BCUT2D eigenvalue weighted by Gasteiger charge is 2.18. The topological polar surface area (TPSA) is 90.0 Å². The number of halogens is 2. The van der Waals surface area contributed by atoms with Crippen LogP contribution < -0.4 is 5.32 Å². The lowest BCUT2D eigenvalue weighted by molar-refractivity contribution is 0.101. The minimum Gasteiger partial charge on any atom is -0.302 e. The molecule has 1 aromatic carbocycles. The first kappa shape index (κ1) is 16.2. The van der Waals surface area contributed by atoms with Crippen molar-refractivity contribution < 1.29 is 9.18 Å². The van der Waals surface area contributed by atoms with Crippen molar-refractivity contribution in [2.75, 3.05) is 5.32 Å². The van der Waals surface area contributed by atoms with Gasteiger partial charge >= 0.3 is 0 Å². The number of benzene rings is 1. The molecule has 4 rings (SSSR count). The van der Waals surface area contributed by atoms with Gasteiger partial charge in [-0.25, -0.2) is 9.37 Å². The number of rotatable bonds is 3. The van der Waals surface area contributed by atoms with E-state index >= 15 is 0 Å². The number of aryl methyl sites for hydroxylation is 1. The molecule has 0 unspecified atom stereocenters. The zero-order valence-electron chi connectivity index (χ0n) is 13.4. The van der Waals surface area contributed by atoms with E-state index in [1.165, 1.54) is 27.7 Å². The van der Waals surface area contributed by atoms with Gasteiger partial charge in [0.05, 0.1) is 5.69 Å². The van der Waals surface area contributed by atoms with Gasteiger partial charge in [-0.05, 0) is 30.3 Å². The number of amides is 1. The predicted octanol–water partition coefficient (Wildman–Crippen LogP) is 2.57. The Morgan fingerprint density at radius 3 is 2.73 bits per heavy atom. The fraction of sp³-hybridized carbons (Fsp3) is 0.0625. The Bertz CT molecular complexity index is 1120. The number of nitrogens with zero attached hydrogens (tertiary/aromatic N) is 6. The largest absolute Gasteiger partial charge is 0.302 e. The molecule has 130 valence electrons. The van der Waals surface area contributed by atoms with Crippen molar-refractivity contribution >= 4 is 29.1 Å². The summed E-state index contributed by atoms with van der Waals surface area (Å²) in [4.78, 5) is 21.1. The van der Waals surface area contributed by atoms with E-state index in [0.717, 1.165) is 0 Å². The van der Waals surface area contributed by atoms with Crippen molar-refractivity contribution in [3.05, 3.63) is 59.4 Å². The van der Waals surface area contributed by atoms with Gasteiger partial charge in [0.2, 0.25) is 0 Å². The second kappa shape index (κ2) is 6.19. The number of carbonyl (C=O) groups is 1. The summed E-state index contributed by atoms with van der Waals surface area (Å²) in [6.07, 6.45) is 2.86. The van der Waals surface area contributed by atoms with Gasteiger partial charge in [0.15, 0.2) is 5.82 Å². The number of anilines is 1. The molecule has 0 aliphatic heterocycles. The molecule has 3 heterocycles. The number of hydrogen-bond acceptors (Lipinski definition) is 5. The first-order valence-corrected chi connectivity index (χ1v) is 7.86. The van der Waals surface area contributed by atoms with E-state index in [-0.39, 0.29) is 23.1 Å². The number of aromatic nitrogens is 6. The van der Waals surface area contributed by atoms with E-state index in [1.807, 2.05) is 0 Å². The summed E-state index contributed by atoms with van der Waals surface area (Å²) in [6, 6.07) is 7.32. The Morgan fingerprint density at radius 2 is 2.04 bits per heavy atom. The van der Waals surface area contributed by atoms with Crippen LogP contribution in [-0.4, -0.2) is 35.3 Å². The van der Waals surface area contributed by atoms with Crippen LogP contribution in [0.5, 0.6) is 0 Å². The summed E-state index contributed by atoms with van der Waals surface area (Å²) in [6.45, 7) is 0. The van der Waals surface area contributed by atoms with Crippen LogP contribution in [0.3, 0.4) is 0 Å². The summed E-state index contributed by atoms with van der Waals surface area (Å²) < 4.78 is 16.0. The van der Waals surface area contributed by atoms with Gasteiger partial charge in [-0.15, -0.1) is 0 Å². The van der Waals surface area contributed by atoms with E-state index in [4.69, 9.17) is 11.6 Å². The van der Waals surface area contributed by atoms with E-state index in [1.54, 1.807) is 31.4 Å². The Labute approximate surface area is 151 Å². The van der Waals surface area contributed by atoms with Crippen LogP contribution in [0, 0.1) is 5.82 Å². The lowest BCUT2D eigenvalue weighted by Gasteiger charge is -2.07. The van der Waals surface area contributed by atoms with Gasteiger partial charge in [0, 0.05) is 18.8 Å². The third-order valence-corrected chi connectivity index (χ3v) is 3.92. The molecule has 0 saturated carbocycles. The quantitative estimate of drug-likeness (QED) is 0.597. The molecule has 3 aromatic heterocycles. The maximum atomic E-state index is 13.2. The molecule has 0 aliphatic rings. The average molecular weight is 372 g/mol. The van der Waals surface area contributed by atoms with Crippen LogP contribution in [0.2, 0.25) is 5.02 Å². The smallest absolute Gasteiger partial charge is 0.275 e. The molecule has 0 aliphatic carbocycles. The number of fused-ring (bicyclic) bond motifs is 1. The van der Waals surface area contributed by atoms with Gasteiger partial charge < -0.3 is 5.32 Å². The van der Waals surface area contributed by atoms with Crippen molar-refractivity contribution in [2.45, 2.75) is 0 Å². The van der Waals surface area contributed by atoms with Crippen LogP contribution in [-0.2, 0) is 7.05 Å². The summed E-state index contributed by atoms with van der Waals surface area (Å²) in [5.41, 5.74) is 1.29. The summed E-state index contributed by atoms with van der Waals surface area (Å²) >= 11 is 6.04. The molecule has 4 aromatic rings. The summed E-state index contributed by atoms with van der Waals surface area (Å²) in [7, 11) is 1.69. The third-order valence-electron chi connectivity index (χ3n) is 3.64. The van der Waals surface area contributed by atoms with E-state index < -0.39 is 5.91 Å². The molecule has 26 heavy (non-hydrogen) atoms. The highest BCUT2D eigenvalue weighted by Crippen LogP contribution is 2.22. The number of hydrogen-bond donors (Lipinski definition) is 1. The molecule has 10 heteroatoms. The van der Waals surface area contributed by atoms with Crippen molar-refractivity contribution in [2.24, 2.45) is 7.05 Å². The maximum Gasteiger partial charge on any atom is 0.275 e. The first-order chi connectivity index (χ1) is 12.5. The zero-order chi connectivity index (χ0) is 18.3. The Hall–Kier alpha value is -3.33. The number of carbonyl (C=O) groups excluding carboxylic acids is 1. The van der Waals surface area contributed by atoms with Gasteiger partial charge in [-0.3, -0.25) is 9.48 Å². The fourth-order valence-electron chi connectivity index (χ4n) is 2.46. The normalized spacial score (nSPS) is 11.0. The third kappa shape index (κ3) is 2.88. The molecule has 1 amide bonds. The number of nitrogens with one attached hydrogen (secondary N) is 1. The summed E-state index contributed by atoms with van der Waals surface area (Å²) in [5, 5.41) is 11.1.